The molecule has 0 aromatic heterocycles. The van der Waals surface area contributed by atoms with Crippen LogP contribution in [0.4, 0.5) is 15.8 Å². The van der Waals surface area contributed by atoms with Crippen LogP contribution in [-0.2, 0) is 4.79 Å². The average molecular weight is 424 g/mol. The van der Waals surface area contributed by atoms with E-state index in [1.165, 1.54) is 36.0 Å². The molecule has 0 heterocycles. The number of anilines is 2. The molecule has 30 heavy (non-hydrogen) atoms. The summed E-state index contributed by atoms with van der Waals surface area (Å²) in [6.07, 6.45) is 0. The first kappa shape index (κ1) is 21.4. The normalized spacial score (nSPS) is 10.3. The lowest BCUT2D eigenvalue weighted by molar-refractivity contribution is -0.113. The van der Waals surface area contributed by atoms with Crippen molar-refractivity contribution in [3.8, 4) is 5.75 Å². The van der Waals surface area contributed by atoms with Gasteiger partial charge in [0.15, 0.2) is 0 Å². The highest BCUT2D eigenvalue weighted by Gasteiger charge is 2.15. The summed E-state index contributed by atoms with van der Waals surface area (Å²) in [5, 5.41) is 5.58. The van der Waals surface area contributed by atoms with Crippen molar-refractivity contribution in [3.05, 3.63) is 84.2 Å². The van der Waals surface area contributed by atoms with Gasteiger partial charge in [-0.05, 0) is 55.5 Å². The van der Waals surface area contributed by atoms with Crippen LogP contribution in [0.15, 0.2) is 77.7 Å². The molecule has 0 aliphatic rings. The van der Waals surface area contributed by atoms with Crippen LogP contribution in [0.2, 0.25) is 0 Å². The highest BCUT2D eigenvalue weighted by Crippen LogP contribution is 2.27. The zero-order chi connectivity index (χ0) is 21.3. The maximum Gasteiger partial charge on any atom is 0.256 e. The Morgan fingerprint density at radius 2 is 1.63 bits per heavy atom. The standard InChI is InChI=1S/C23H21FN2O3S/c1-2-29-20-9-5-4-8-19(20)26-23(28)18-7-3-6-10-21(18)30-15-22(27)25-17-13-11-16(24)12-14-17/h3-14H,2,15H2,1H3,(H,25,27)(H,26,28). The Kier molecular flexibility index (Phi) is 7.45. The number of carbonyl (C=O) groups is 2. The number of carbonyl (C=O) groups excluding carboxylic acids is 2. The molecule has 0 spiro atoms. The minimum absolute atomic E-state index is 0.108. The largest absolute Gasteiger partial charge is 0.492 e. The van der Waals surface area contributed by atoms with Gasteiger partial charge in [0.1, 0.15) is 11.6 Å². The summed E-state index contributed by atoms with van der Waals surface area (Å²) < 4.78 is 18.5. The lowest BCUT2D eigenvalue weighted by Crippen LogP contribution is -2.16. The Balaban J connectivity index is 1.66. The van der Waals surface area contributed by atoms with Gasteiger partial charge in [0.05, 0.1) is 23.6 Å². The maximum absolute atomic E-state index is 13.0. The van der Waals surface area contributed by atoms with Crippen molar-refractivity contribution in [2.75, 3.05) is 23.0 Å². The lowest BCUT2D eigenvalue weighted by atomic mass is 10.2. The van der Waals surface area contributed by atoms with Crippen LogP contribution in [0.3, 0.4) is 0 Å². The van der Waals surface area contributed by atoms with Gasteiger partial charge in [-0.1, -0.05) is 24.3 Å². The van der Waals surface area contributed by atoms with Crippen molar-refractivity contribution in [2.24, 2.45) is 0 Å². The van der Waals surface area contributed by atoms with Gasteiger partial charge in [-0.15, -0.1) is 11.8 Å². The molecule has 3 aromatic carbocycles. The van der Waals surface area contributed by atoms with E-state index in [0.717, 1.165) is 0 Å². The van der Waals surface area contributed by atoms with Crippen molar-refractivity contribution < 1.29 is 18.7 Å². The van der Waals surface area contributed by atoms with Gasteiger partial charge < -0.3 is 15.4 Å². The Hall–Kier alpha value is -3.32. The molecule has 154 valence electrons. The molecule has 0 atom stereocenters. The average Bonchev–Trinajstić information content (AvgIpc) is 2.75. The molecule has 5 nitrogen and oxygen atoms in total. The number of thioether (sulfide) groups is 1. The highest BCUT2D eigenvalue weighted by molar-refractivity contribution is 8.00. The molecule has 0 aliphatic carbocycles. The van der Waals surface area contributed by atoms with Gasteiger partial charge in [0.2, 0.25) is 5.91 Å². The number of benzene rings is 3. The zero-order valence-corrected chi connectivity index (χ0v) is 17.2. The van der Waals surface area contributed by atoms with Crippen molar-refractivity contribution in [1.82, 2.24) is 0 Å². The summed E-state index contributed by atoms with van der Waals surface area (Å²) >= 11 is 1.25. The number of hydrogen-bond donors (Lipinski definition) is 2. The fourth-order valence-corrected chi connectivity index (χ4v) is 3.54. The third-order valence-electron chi connectivity index (χ3n) is 4.05. The van der Waals surface area contributed by atoms with E-state index in [-0.39, 0.29) is 23.4 Å². The second kappa shape index (κ2) is 10.5. The van der Waals surface area contributed by atoms with E-state index >= 15 is 0 Å². The van der Waals surface area contributed by atoms with Gasteiger partial charge in [0.25, 0.3) is 5.91 Å². The first-order chi connectivity index (χ1) is 14.6. The fourth-order valence-electron chi connectivity index (χ4n) is 2.69. The van der Waals surface area contributed by atoms with Crippen LogP contribution in [0.25, 0.3) is 0 Å². The number of nitrogens with one attached hydrogen (secondary N) is 2. The highest BCUT2D eigenvalue weighted by atomic mass is 32.2. The number of hydrogen-bond acceptors (Lipinski definition) is 4. The van der Waals surface area contributed by atoms with Crippen molar-refractivity contribution in [2.45, 2.75) is 11.8 Å². The van der Waals surface area contributed by atoms with E-state index in [1.807, 2.05) is 25.1 Å². The second-order valence-corrected chi connectivity index (χ2v) is 7.24. The molecule has 2 N–H and O–H groups in total. The van der Waals surface area contributed by atoms with Crippen LogP contribution in [0.5, 0.6) is 5.75 Å². The minimum Gasteiger partial charge on any atom is -0.492 e. The van der Waals surface area contributed by atoms with Crippen LogP contribution in [-0.4, -0.2) is 24.2 Å². The predicted octanol–water partition coefficient (Wildman–Crippen LogP) is 5.21. The van der Waals surface area contributed by atoms with Crippen LogP contribution < -0.4 is 15.4 Å². The number of halogens is 1. The Morgan fingerprint density at radius 1 is 0.933 bits per heavy atom. The van der Waals surface area contributed by atoms with E-state index in [9.17, 15) is 14.0 Å². The third kappa shape index (κ3) is 5.84. The fraction of sp³-hybridized carbons (Fsp3) is 0.130. The number of ether oxygens (including phenoxy) is 1. The second-order valence-electron chi connectivity index (χ2n) is 6.22. The molecule has 0 bridgehead atoms. The van der Waals surface area contributed by atoms with Crippen molar-refractivity contribution in [1.29, 1.82) is 0 Å². The molecule has 0 aliphatic heterocycles. The predicted molar refractivity (Wildman–Crippen MR) is 118 cm³/mol. The Labute approximate surface area is 178 Å². The SMILES string of the molecule is CCOc1ccccc1NC(=O)c1ccccc1SCC(=O)Nc1ccc(F)cc1. The molecular weight excluding hydrogens is 403 g/mol. The molecule has 0 saturated carbocycles. The Morgan fingerprint density at radius 3 is 2.40 bits per heavy atom. The zero-order valence-electron chi connectivity index (χ0n) is 16.4. The summed E-state index contributed by atoms with van der Waals surface area (Å²) in [4.78, 5) is 25.7. The molecule has 0 fully saturated rings. The van der Waals surface area contributed by atoms with E-state index in [4.69, 9.17) is 4.74 Å². The van der Waals surface area contributed by atoms with Crippen LogP contribution in [0.1, 0.15) is 17.3 Å². The first-order valence-corrected chi connectivity index (χ1v) is 10.4. The van der Waals surface area contributed by atoms with E-state index < -0.39 is 0 Å². The van der Waals surface area contributed by atoms with Gasteiger partial charge in [-0.2, -0.15) is 0 Å². The van der Waals surface area contributed by atoms with Crippen molar-refractivity contribution >= 4 is 35.0 Å². The van der Waals surface area contributed by atoms with Crippen LogP contribution >= 0.6 is 11.8 Å². The molecule has 0 unspecified atom stereocenters. The first-order valence-electron chi connectivity index (χ1n) is 9.37. The molecular formula is C23H21FN2O3S. The smallest absolute Gasteiger partial charge is 0.256 e. The summed E-state index contributed by atoms with van der Waals surface area (Å²) in [7, 11) is 0. The van der Waals surface area contributed by atoms with Gasteiger partial charge in [-0.3, -0.25) is 9.59 Å². The van der Waals surface area contributed by atoms with Gasteiger partial charge in [0, 0.05) is 10.6 Å². The summed E-state index contributed by atoms with van der Waals surface area (Å²) in [5.74, 6) is -0.199. The third-order valence-corrected chi connectivity index (χ3v) is 5.13. The van der Waals surface area contributed by atoms with Crippen molar-refractivity contribution in [3.63, 3.8) is 0 Å². The number of para-hydroxylation sites is 2. The topological polar surface area (TPSA) is 67.4 Å². The van der Waals surface area contributed by atoms with Gasteiger partial charge in [-0.25, -0.2) is 4.39 Å². The van der Waals surface area contributed by atoms with E-state index in [1.54, 1.807) is 30.3 Å². The van der Waals surface area contributed by atoms with Gasteiger partial charge >= 0.3 is 0 Å². The molecule has 0 saturated heterocycles. The molecule has 3 rings (SSSR count). The summed E-state index contributed by atoms with van der Waals surface area (Å²) in [6.45, 7) is 2.37. The molecule has 7 heteroatoms. The monoisotopic (exact) mass is 424 g/mol. The number of amides is 2. The Bertz CT molecular complexity index is 1020. The maximum atomic E-state index is 13.0. The minimum atomic E-state index is -0.367. The molecule has 2 amide bonds. The van der Waals surface area contributed by atoms with E-state index in [0.29, 0.717) is 34.2 Å². The lowest BCUT2D eigenvalue weighted by Gasteiger charge is -2.13. The summed E-state index contributed by atoms with van der Waals surface area (Å²) in [5.41, 5.74) is 1.56. The quantitative estimate of drug-likeness (QED) is 0.487. The van der Waals surface area contributed by atoms with E-state index in [2.05, 4.69) is 10.6 Å². The van der Waals surface area contributed by atoms with Crippen LogP contribution in [0, 0.1) is 5.82 Å². The molecule has 0 radical (unpaired) electrons. The summed E-state index contributed by atoms with van der Waals surface area (Å²) in [6, 6.07) is 19.8. The molecule has 3 aromatic rings. The number of rotatable bonds is 8.